The van der Waals surface area contributed by atoms with Gasteiger partial charge in [0.2, 0.25) is 0 Å². The topological polar surface area (TPSA) is 38.7 Å². The molecule has 148 valence electrons. The molecule has 0 radical (unpaired) electrons. The van der Waals surface area contributed by atoms with Crippen LogP contribution < -0.4 is 0 Å². The molecule has 3 nitrogen and oxygen atoms in total. The smallest absolute Gasteiger partial charge is 0.318 e. The fourth-order valence-corrected chi connectivity index (χ4v) is 4.06. The van der Waals surface area contributed by atoms with Crippen molar-refractivity contribution in [3.8, 4) is 0 Å². The van der Waals surface area contributed by atoms with Crippen LogP contribution in [0.5, 0.6) is 0 Å². The van der Waals surface area contributed by atoms with E-state index in [0.29, 0.717) is 12.3 Å². The summed E-state index contributed by atoms with van der Waals surface area (Å²) in [5.41, 5.74) is 3.67. The van der Waals surface area contributed by atoms with Crippen molar-refractivity contribution in [1.82, 2.24) is 0 Å². The zero-order valence-electron chi connectivity index (χ0n) is 17.1. The molecule has 0 amide bonds. The van der Waals surface area contributed by atoms with Crippen LogP contribution in [-0.4, -0.2) is 11.7 Å². The van der Waals surface area contributed by atoms with Gasteiger partial charge in [0.15, 0.2) is 0 Å². The average Bonchev–Trinajstić information content (AvgIpc) is 2.71. The highest BCUT2D eigenvalue weighted by atomic mass is 16.7. The van der Waals surface area contributed by atoms with Crippen LogP contribution in [0.2, 0.25) is 0 Å². The Labute approximate surface area is 168 Å². The van der Waals surface area contributed by atoms with Crippen LogP contribution in [0.15, 0.2) is 65.8 Å². The predicted octanol–water partition coefficient (Wildman–Crippen LogP) is 6.29. The van der Waals surface area contributed by atoms with E-state index in [-0.39, 0.29) is 11.4 Å². The Kier molecular flexibility index (Phi) is 7.02. The second-order valence-electron chi connectivity index (χ2n) is 8.43. The molecule has 1 atom stereocenters. The molecule has 0 aromatic heterocycles. The van der Waals surface area contributed by atoms with E-state index in [4.69, 9.17) is 4.84 Å². The summed E-state index contributed by atoms with van der Waals surface area (Å²) in [6, 6.07) is 21.0. The van der Waals surface area contributed by atoms with Gasteiger partial charge in [-0.05, 0) is 55.6 Å². The van der Waals surface area contributed by atoms with E-state index in [0.717, 1.165) is 44.2 Å². The van der Waals surface area contributed by atoms with Crippen molar-refractivity contribution < 1.29 is 9.63 Å². The zero-order valence-corrected chi connectivity index (χ0v) is 17.1. The van der Waals surface area contributed by atoms with Crippen LogP contribution in [0.3, 0.4) is 0 Å². The van der Waals surface area contributed by atoms with E-state index in [1.165, 1.54) is 11.1 Å². The summed E-state index contributed by atoms with van der Waals surface area (Å²) in [5, 5.41) is 4.27. The van der Waals surface area contributed by atoms with Gasteiger partial charge in [0.25, 0.3) is 0 Å². The van der Waals surface area contributed by atoms with Crippen molar-refractivity contribution >= 4 is 11.7 Å². The number of aryl methyl sites for hydroxylation is 1. The predicted molar refractivity (Wildman–Crippen MR) is 114 cm³/mol. The third-order valence-corrected chi connectivity index (χ3v) is 5.74. The number of benzene rings is 2. The van der Waals surface area contributed by atoms with Gasteiger partial charge >= 0.3 is 5.97 Å². The number of unbranched alkanes of at least 4 members (excludes halogenated alkanes) is 1. The summed E-state index contributed by atoms with van der Waals surface area (Å²) in [7, 11) is 0. The van der Waals surface area contributed by atoms with Crippen molar-refractivity contribution in [3.05, 3.63) is 71.8 Å². The maximum atomic E-state index is 12.1. The number of rotatable bonds is 7. The minimum Gasteiger partial charge on any atom is -0.318 e. The number of hydrogen-bond donors (Lipinski definition) is 0. The molecule has 28 heavy (non-hydrogen) atoms. The fraction of sp³-hybridized carbons (Fsp3) is 0.440. The maximum Gasteiger partial charge on any atom is 0.335 e. The van der Waals surface area contributed by atoms with E-state index in [1.54, 1.807) is 0 Å². The minimum atomic E-state index is -0.221. The van der Waals surface area contributed by atoms with Gasteiger partial charge in [-0.1, -0.05) is 79.7 Å². The molecule has 1 saturated carbocycles. The summed E-state index contributed by atoms with van der Waals surface area (Å²) in [6.45, 7) is 4.41. The largest absolute Gasteiger partial charge is 0.335 e. The Hall–Kier alpha value is -2.42. The highest BCUT2D eigenvalue weighted by molar-refractivity contribution is 5.90. The van der Waals surface area contributed by atoms with E-state index >= 15 is 0 Å². The molecule has 2 aromatic rings. The molecule has 1 aliphatic rings. The van der Waals surface area contributed by atoms with Crippen molar-refractivity contribution in [2.24, 2.45) is 10.6 Å². The molecule has 2 aromatic carbocycles. The van der Waals surface area contributed by atoms with Crippen molar-refractivity contribution in [2.45, 2.75) is 64.7 Å². The zero-order chi connectivity index (χ0) is 19.8. The van der Waals surface area contributed by atoms with Crippen LogP contribution in [0, 0.1) is 5.41 Å². The Balaban J connectivity index is 1.44. The third kappa shape index (κ3) is 5.79. The summed E-state index contributed by atoms with van der Waals surface area (Å²) in [5.74, 6) is 0.324. The molecule has 0 unspecified atom stereocenters. The quantitative estimate of drug-likeness (QED) is 0.323. The molecule has 0 saturated heterocycles. The first kappa shape index (κ1) is 20.3. The Bertz CT molecular complexity index is 781. The highest BCUT2D eigenvalue weighted by Crippen LogP contribution is 2.41. The highest BCUT2D eigenvalue weighted by Gasteiger charge is 2.35. The Morgan fingerprint density at radius 1 is 1.04 bits per heavy atom. The molecule has 1 aliphatic carbocycles. The second-order valence-corrected chi connectivity index (χ2v) is 8.43. The molecule has 3 heteroatoms. The number of carbonyl (C=O) groups excluding carboxylic acids is 1. The van der Waals surface area contributed by atoms with Crippen LogP contribution >= 0.6 is 0 Å². The van der Waals surface area contributed by atoms with Crippen LogP contribution in [0.4, 0.5) is 0 Å². The molecular weight excluding hydrogens is 346 g/mol. The second kappa shape index (κ2) is 9.68. The van der Waals surface area contributed by atoms with Gasteiger partial charge in [0.05, 0.1) is 5.71 Å². The molecule has 0 aliphatic heterocycles. The summed E-state index contributed by atoms with van der Waals surface area (Å²) in [4.78, 5) is 17.3. The fourth-order valence-electron chi connectivity index (χ4n) is 4.06. The van der Waals surface area contributed by atoms with Crippen molar-refractivity contribution in [1.29, 1.82) is 0 Å². The molecule has 1 fully saturated rings. The van der Waals surface area contributed by atoms with Gasteiger partial charge in [-0.2, -0.15) is 0 Å². The lowest BCUT2D eigenvalue weighted by Gasteiger charge is -2.36. The monoisotopic (exact) mass is 377 g/mol. The molecule has 0 bridgehead atoms. The van der Waals surface area contributed by atoms with E-state index < -0.39 is 0 Å². The van der Waals surface area contributed by atoms with Gasteiger partial charge < -0.3 is 4.84 Å². The molecule has 3 rings (SSSR count). The third-order valence-electron chi connectivity index (χ3n) is 5.74. The lowest BCUT2D eigenvalue weighted by Crippen LogP contribution is -2.32. The minimum absolute atomic E-state index is 0.0493. The van der Waals surface area contributed by atoms with Gasteiger partial charge in [-0.15, -0.1) is 0 Å². The Morgan fingerprint density at radius 3 is 2.39 bits per heavy atom. The molecule has 0 N–H and O–H groups in total. The lowest BCUT2D eigenvalue weighted by molar-refractivity contribution is -0.143. The SMILES string of the molecule is CC1(C)C[C@@H](c2ccccc2)CC/C1=N\OC(=O)CCCCc1ccccc1. The van der Waals surface area contributed by atoms with Gasteiger partial charge in [-0.25, -0.2) is 4.79 Å². The lowest BCUT2D eigenvalue weighted by atomic mass is 9.69. The van der Waals surface area contributed by atoms with Crippen molar-refractivity contribution in [3.63, 3.8) is 0 Å². The van der Waals surface area contributed by atoms with Crippen molar-refractivity contribution in [2.75, 3.05) is 0 Å². The summed E-state index contributed by atoms with van der Waals surface area (Å²) in [6.07, 6.45) is 6.21. The Morgan fingerprint density at radius 2 is 1.71 bits per heavy atom. The van der Waals surface area contributed by atoms with E-state index in [9.17, 15) is 4.79 Å². The molecule has 0 spiro atoms. The maximum absolute atomic E-state index is 12.1. The first-order valence-corrected chi connectivity index (χ1v) is 10.4. The number of carbonyl (C=O) groups is 1. The first-order valence-electron chi connectivity index (χ1n) is 10.4. The average molecular weight is 378 g/mol. The van der Waals surface area contributed by atoms with Crippen LogP contribution in [0.25, 0.3) is 0 Å². The number of oxime groups is 1. The van der Waals surface area contributed by atoms with Gasteiger partial charge in [0.1, 0.15) is 0 Å². The molecule has 0 heterocycles. The van der Waals surface area contributed by atoms with E-state index in [2.05, 4.69) is 61.5 Å². The van der Waals surface area contributed by atoms with Crippen LogP contribution in [0.1, 0.15) is 69.4 Å². The summed E-state index contributed by atoms with van der Waals surface area (Å²) < 4.78 is 0. The summed E-state index contributed by atoms with van der Waals surface area (Å²) >= 11 is 0. The normalized spacial score (nSPS) is 20.1. The van der Waals surface area contributed by atoms with Gasteiger partial charge in [0, 0.05) is 11.8 Å². The molecular formula is C25H31NO2. The standard InChI is InChI=1S/C25H31NO2/c1-25(2)19-22(21-14-7-4-8-15-21)17-18-23(25)26-28-24(27)16-10-9-13-20-11-5-3-6-12-20/h3-8,11-12,14-15,22H,9-10,13,16-19H2,1-2H3/b26-23+/t22-/m0/s1. The first-order chi connectivity index (χ1) is 13.5. The van der Waals surface area contributed by atoms with Crippen LogP contribution in [-0.2, 0) is 16.1 Å². The van der Waals surface area contributed by atoms with E-state index in [1.807, 2.05) is 18.2 Å². The number of nitrogens with zero attached hydrogens (tertiary/aromatic N) is 1. The number of hydrogen-bond acceptors (Lipinski definition) is 3. The van der Waals surface area contributed by atoms with Gasteiger partial charge in [-0.3, -0.25) is 0 Å².